The molecular formula is C14H23N3. The van der Waals surface area contributed by atoms with Crippen molar-refractivity contribution in [2.75, 3.05) is 11.9 Å². The van der Waals surface area contributed by atoms with E-state index in [1.165, 1.54) is 17.7 Å². The van der Waals surface area contributed by atoms with Crippen molar-refractivity contribution in [3.05, 3.63) is 17.1 Å². The molecule has 17 heavy (non-hydrogen) atoms. The number of fused-ring (bicyclic) bond motifs is 1. The third kappa shape index (κ3) is 2.43. The Labute approximate surface area is 104 Å². The molecule has 1 aromatic rings. The highest BCUT2D eigenvalue weighted by Crippen LogP contribution is 2.29. The van der Waals surface area contributed by atoms with Crippen molar-refractivity contribution in [1.29, 1.82) is 0 Å². The largest absolute Gasteiger partial charge is 0.370 e. The standard InChI is InChI=1S/C14H23N3/c1-4-10(5-2)13-16-12-9-7-8-11(12)14(17-13)15-6-3/h10H,4-9H2,1-3H3,(H,15,16,17). The molecule has 1 aliphatic rings. The molecule has 1 heterocycles. The van der Waals surface area contributed by atoms with Gasteiger partial charge in [0.25, 0.3) is 0 Å². The van der Waals surface area contributed by atoms with Crippen LogP contribution in [-0.2, 0) is 12.8 Å². The van der Waals surface area contributed by atoms with E-state index in [4.69, 9.17) is 9.97 Å². The quantitative estimate of drug-likeness (QED) is 0.848. The molecule has 0 unspecified atom stereocenters. The van der Waals surface area contributed by atoms with Gasteiger partial charge < -0.3 is 5.32 Å². The van der Waals surface area contributed by atoms with Gasteiger partial charge >= 0.3 is 0 Å². The summed E-state index contributed by atoms with van der Waals surface area (Å²) in [6.45, 7) is 7.50. The first-order chi connectivity index (χ1) is 8.30. The summed E-state index contributed by atoms with van der Waals surface area (Å²) >= 11 is 0. The highest BCUT2D eigenvalue weighted by molar-refractivity contribution is 5.49. The molecule has 2 rings (SSSR count). The molecule has 0 radical (unpaired) electrons. The Morgan fingerprint density at radius 2 is 1.88 bits per heavy atom. The number of aromatic nitrogens is 2. The predicted octanol–water partition coefficient (Wildman–Crippen LogP) is 3.30. The number of hydrogen-bond donors (Lipinski definition) is 1. The number of aryl methyl sites for hydroxylation is 1. The van der Waals surface area contributed by atoms with Gasteiger partial charge in [0.05, 0.1) is 0 Å². The summed E-state index contributed by atoms with van der Waals surface area (Å²) in [7, 11) is 0. The lowest BCUT2D eigenvalue weighted by Crippen LogP contribution is -2.11. The van der Waals surface area contributed by atoms with Gasteiger partial charge in [-0.3, -0.25) is 0 Å². The van der Waals surface area contributed by atoms with Crippen LogP contribution in [0.2, 0.25) is 0 Å². The van der Waals surface area contributed by atoms with Gasteiger partial charge in [-0.1, -0.05) is 13.8 Å². The van der Waals surface area contributed by atoms with E-state index in [0.717, 1.165) is 43.9 Å². The molecule has 0 aliphatic heterocycles. The van der Waals surface area contributed by atoms with Gasteiger partial charge in [-0.2, -0.15) is 0 Å². The topological polar surface area (TPSA) is 37.8 Å². The first kappa shape index (κ1) is 12.3. The summed E-state index contributed by atoms with van der Waals surface area (Å²) in [5, 5.41) is 3.40. The molecule has 0 aromatic carbocycles. The number of anilines is 1. The molecule has 0 saturated carbocycles. The fourth-order valence-corrected chi connectivity index (χ4v) is 2.60. The molecule has 3 heteroatoms. The van der Waals surface area contributed by atoms with Crippen molar-refractivity contribution in [2.24, 2.45) is 0 Å². The smallest absolute Gasteiger partial charge is 0.134 e. The minimum Gasteiger partial charge on any atom is -0.370 e. The van der Waals surface area contributed by atoms with Crippen molar-refractivity contribution in [1.82, 2.24) is 9.97 Å². The Kier molecular flexibility index (Phi) is 3.97. The number of nitrogens with zero attached hydrogens (tertiary/aromatic N) is 2. The second-order valence-corrected chi connectivity index (χ2v) is 4.75. The van der Waals surface area contributed by atoms with Crippen LogP contribution in [0.4, 0.5) is 5.82 Å². The second-order valence-electron chi connectivity index (χ2n) is 4.75. The normalized spacial score (nSPS) is 14.1. The van der Waals surface area contributed by atoms with Gasteiger partial charge in [0, 0.05) is 23.7 Å². The molecule has 1 N–H and O–H groups in total. The molecule has 1 aliphatic carbocycles. The van der Waals surface area contributed by atoms with Gasteiger partial charge in [-0.05, 0) is 39.0 Å². The maximum atomic E-state index is 4.79. The summed E-state index contributed by atoms with van der Waals surface area (Å²) in [6, 6.07) is 0. The van der Waals surface area contributed by atoms with E-state index in [2.05, 4.69) is 26.1 Å². The van der Waals surface area contributed by atoms with E-state index in [1.54, 1.807) is 0 Å². The summed E-state index contributed by atoms with van der Waals surface area (Å²) in [5.41, 5.74) is 2.65. The molecule has 1 aromatic heterocycles. The zero-order valence-electron chi connectivity index (χ0n) is 11.2. The van der Waals surface area contributed by atoms with Gasteiger partial charge in [-0.25, -0.2) is 9.97 Å². The van der Waals surface area contributed by atoms with E-state index in [1.807, 2.05) is 0 Å². The fourth-order valence-electron chi connectivity index (χ4n) is 2.60. The van der Waals surface area contributed by atoms with Crippen LogP contribution < -0.4 is 5.32 Å². The van der Waals surface area contributed by atoms with Crippen LogP contribution in [0.15, 0.2) is 0 Å². The van der Waals surface area contributed by atoms with Crippen molar-refractivity contribution < 1.29 is 0 Å². The molecule has 0 fully saturated rings. The van der Waals surface area contributed by atoms with Crippen molar-refractivity contribution in [3.8, 4) is 0 Å². The van der Waals surface area contributed by atoms with E-state index in [-0.39, 0.29) is 0 Å². The lowest BCUT2D eigenvalue weighted by molar-refractivity contribution is 0.599. The zero-order valence-corrected chi connectivity index (χ0v) is 11.2. The molecule has 94 valence electrons. The van der Waals surface area contributed by atoms with E-state index < -0.39 is 0 Å². The Balaban J connectivity index is 2.38. The van der Waals surface area contributed by atoms with E-state index in [0.29, 0.717) is 5.92 Å². The van der Waals surface area contributed by atoms with Crippen LogP contribution in [0.25, 0.3) is 0 Å². The van der Waals surface area contributed by atoms with Gasteiger partial charge in [0.1, 0.15) is 11.6 Å². The maximum absolute atomic E-state index is 4.79. The minimum atomic E-state index is 0.512. The molecule has 3 nitrogen and oxygen atoms in total. The fraction of sp³-hybridized carbons (Fsp3) is 0.714. The summed E-state index contributed by atoms with van der Waals surface area (Å²) in [6.07, 6.45) is 5.75. The van der Waals surface area contributed by atoms with Crippen molar-refractivity contribution in [2.45, 2.75) is 58.8 Å². The number of nitrogens with one attached hydrogen (secondary N) is 1. The first-order valence-corrected chi connectivity index (χ1v) is 6.93. The Bertz CT molecular complexity index is 383. The summed E-state index contributed by atoms with van der Waals surface area (Å²) in [4.78, 5) is 9.54. The highest BCUT2D eigenvalue weighted by Gasteiger charge is 2.21. The Morgan fingerprint density at radius 3 is 2.53 bits per heavy atom. The van der Waals surface area contributed by atoms with Gasteiger partial charge in [0.15, 0.2) is 0 Å². The number of hydrogen-bond acceptors (Lipinski definition) is 3. The van der Waals surface area contributed by atoms with Crippen molar-refractivity contribution in [3.63, 3.8) is 0 Å². The summed E-state index contributed by atoms with van der Waals surface area (Å²) in [5.74, 6) is 2.65. The van der Waals surface area contributed by atoms with Gasteiger partial charge in [-0.15, -0.1) is 0 Å². The third-order valence-electron chi connectivity index (χ3n) is 3.65. The first-order valence-electron chi connectivity index (χ1n) is 6.93. The van der Waals surface area contributed by atoms with Gasteiger partial charge in [0.2, 0.25) is 0 Å². The van der Waals surface area contributed by atoms with E-state index in [9.17, 15) is 0 Å². The molecule has 0 spiro atoms. The predicted molar refractivity (Wildman–Crippen MR) is 71.5 cm³/mol. The minimum absolute atomic E-state index is 0.512. The zero-order chi connectivity index (χ0) is 12.3. The van der Waals surface area contributed by atoms with Crippen molar-refractivity contribution >= 4 is 5.82 Å². The van der Waals surface area contributed by atoms with Crippen LogP contribution >= 0.6 is 0 Å². The highest BCUT2D eigenvalue weighted by atomic mass is 15.0. The molecule has 0 bridgehead atoms. The lowest BCUT2D eigenvalue weighted by Gasteiger charge is -2.15. The van der Waals surface area contributed by atoms with Crippen LogP contribution in [0.3, 0.4) is 0 Å². The van der Waals surface area contributed by atoms with Crippen LogP contribution in [0, 0.1) is 0 Å². The molecular weight excluding hydrogens is 210 g/mol. The number of rotatable bonds is 5. The van der Waals surface area contributed by atoms with Crippen LogP contribution in [-0.4, -0.2) is 16.5 Å². The summed E-state index contributed by atoms with van der Waals surface area (Å²) < 4.78 is 0. The Hall–Kier alpha value is -1.12. The lowest BCUT2D eigenvalue weighted by atomic mass is 10.0. The molecule has 0 amide bonds. The average molecular weight is 233 g/mol. The monoisotopic (exact) mass is 233 g/mol. The average Bonchev–Trinajstić information content (AvgIpc) is 2.79. The Morgan fingerprint density at radius 1 is 1.12 bits per heavy atom. The molecule has 0 saturated heterocycles. The van der Waals surface area contributed by atoms with E-state index >= 15 is 0 Å². The maximum Gasteiger partial charge on any atom is 0.134 e. The van der Waals surface area contributed by atoms with Crippen LogP contribution in [0.1, 0.15) is 63.0 Å². The molecule has 0 atom stereocenters. The third-order valence-corrected chi connectivity index (χ3v) is 3.65. The second kappa shape index (κ2) is 5.48. The van der Waals surface area contributed by atoms with Crippen LogP contribution in [0.5, 0.6) is 0 Å². The SMILES string of the molecule is CCNc1nc(C(CC)CC)nc2c1CCC2.